The minimum atomic E-state index is -0.223. The van der Waals surface area contributed by atoms with E-state index in [0.717, 1.165) is 57.5 Å². The van der Waals surface area contributed by atoms with Gasteiger partial charge in [0.15, 0.2) is 0 Å². The Morgan fingerprint density at radius 2 is 1.80 bits per heavy atom. The lowest BCUT2D eigenvalue weighted by molar-refractivity contribution is -0.135. The van der Waals surface area contributed by atoms with Crippen molar-refractivity contribution in [2.75, 3.05) is 26.2 Å². The summed E-state index contributed by atoms with van der Waals surface area (Å²) in [5.41, 5.74) is 1.38. The van der Waals surface area contributed by atoms with E-state index in [1.54, 1.807) is 6.26 Å². The molecule has 2 aromatic rings. The van der Waals surface area contributed by atoms with Crippen LogP contribution in [0.4, 0.5) is 0 Å². The molecule has 1 atom stereocenters. The Bertz CT molecular complexity index is 813. The summed E-state index contributed by atoms with van der Waals surface area (Å²) in [7, 11) is 0. The number of benzene rings is 1. The van der Waals surface area contributed by atoms with Crippen molar-refractivity contribution < 1.29 is 14.0 Å². The highest BCUT2D eigenvalue weighted by Crippen LogP contribution is 2.23. The van der Waals surface area contributed by atoms with Crippen LogP contribution in [0.25, 0.3) is 0 Å². The number of rotatable bonds is 7. The van der Waals surface area contributed by atoms with Crippen LogP contribution in [0.1, 0.15) is 37.0 Å². The number of nitrogens with one attached hydrogen (secondary N) is 1. The number of amides is 2. The Morgan fingerprint density at radius 1 is 1.00 bits per heavy atom. The number of piperidine rings is 1. The van der Waals surface area contributed by atoms with E-state index < -0.39 is 0 Å². The van der Waals surface area contributed by atoms with Crippen molar-refractivity contribution in [3.8, 4) is 0 Å². The summed E-state index contributed by atoms with van der Waals surface area (Å²) in [6.07, 6.45) is 6.54. The first-order valence-electron chi connectivity index (χ1n) is 11.0. The van der Waals surface area contributed by atoms with Crippen LogP contribution in [0.3, 0.4) is 0 Å². The number of likely N-dealkylation sites (tertiary alicyclic amines) is 2. The summed E-state index contributed by atoms with van der Waals surface area (Å²) in [6.45, 7) is 3.16. The zero-order chi connectivity index (χ0) is 20.8. The first-order valence-corrected chi connectivity index (χ1v) is 11.0. The van der Waals surface area contributed by atoms with Gasteiger partial charge in [0.05, 0.1) is 25.4 Å². The predicted octanol–water partition coefficient (Wildman–Crippen LogP) is 2.84. The molecular formula is C24H31N3O3. The van der Waals surface area contributed by atoms with Crippen molar-refractivity contribution in [2.45, 2.75) is 44.7 Å². The minimum Gasteiger partial charge on any atom is -0.467 e. The topological polar surface area (TPSA) is 65.8 Å². The quantitative estimate of drug-likeness (QED) is 0.764. The van der Waals surface area contributed by atoms with Crippen molar-refractivity contribution in [3.63, 3.8) is 0 Å². The maximum atomic E-state index is 12.9. The number of furan rings is 1. The Kier molecular flexibility index (Phi) is 6.84. The molecule has 2 aliphatic heterocycles. The van der Waals surface area contributed by atoms with Gasteiger partial charge in [-0.25, -0.2) is 0 Å². The molecule has 2 fully saturated rings. The molecule has 0 aliphatic carbocycles. The van der Waals surface area contributed by atoms with E-state index in [2.05, 4.69) is 29.6 Å². The molecule has 0 spiro atoms. The van der Waals surface area contributed by atoms with Gasteiger partial charge < -0.3 is 14.6 Å². The van der Waals surface area contributed by atoms with Gasteiger partial charge in [-0.2, -0.15) is 0 Å². The lowest BCUT2D eigenvalue weighted by Crippen LogP contribution is -2.49. The standard InChI is InChI=1S/C24H31N3O3/c28-23(26-13-10-20(11-14-26)16-19-6-2-1-3-7-19)18-27-12-4-9-22(27)24(29)25-17-21-8-5-15-30-21/h1-3,5-8,15,20,22H,4,9-14,16-18H2,(H,25,29). The third-order valence-corrected chi connectivity index (χ3v) is 6.36. The van der Waals surface area contributed by atoms with Gasteiger partial charge in [0.2, 0.25) is 11.8 Å². The molecule has 30 heavy (non-hydrogen) atoms. The molecule has 1 unspecified atom stereocenters. The molecule has 4 rings (SSSR count). The highest BCUT2D eigenvalue weighted by molar-refractivity contribution is 5.84. The maximum Gasteiger partial charge on any atom is 0.237 e. The zero-order valence-corrected chi connectivity index (χ0v) is 17.5. The molecule has 6 nitrogen and oxygen atoms in total. The van der Waals surface area contributed by atoms with Gasteiger partial charge in [0.25, 0.3) is 0 Å². The lowest BCUT2D eigenvalue weighted by atomic mass is 9.90. The lowest BCUT2D eigenvalue weighted by Gasteiger charge is -2.34. The molecule has 2 saturated heterocycles. The second-order valence-electron chi connectivity index (χ2n) is 8.44. The summed E-state index contributed by atoms with van der Waals surface area (Å²) >= 11 is 0. The predicted molar refractivity (Wildman–Crippen MR) is 115 cm³/mol. The van der Waals surface area contributed by atoms with E-state index >= 15 is 0 Å². The highest BCUT2D eigenvalue weighted by atomic mass is 16.3. The van der Waals surface area contributed by atoms with Crippen molar-refractivity contribution in [1.82, 2.24) is 15.1 Å². The van der Waals surface area contributed by atoms with Crippen LogP contribution in [0.15, 0.2) is 53.1 Å². The molecule has 6 heteroatoms. The summed E-state index contributed by atoms with van der Waals surface area (Å²) in [4.78, 5) is 29.5. The molecular weight excluding hydrogens is 378 g/mol. The number of hydrogen-bond donors (Lipinski definition) is 1. The van der Waals surface area contributed by atoms with E-state index in [4.69, 9.17) is 4.42 Å². The van der Waals surface area contributed by atoms with Gasteiger partial charge in [-0.15, -0.1) is 0 Å². The molecule has 1 aromatic heterocycles. The Balaban J connectivity index is 1.22. The third-order valence-electron chi connectivity index (χ3n) is 6.36. The van der Waals surface area contributed by atoms with E-state index in [1.165, 1.54) is 5.56 Å². The van der Waals surface area contributed by atoms with Crippen molar-refractivity contribution in [3.05, 3.63) is 60.1 Å². The van der Waals surface area contributed by atoms with E-state index in [1.807, 2.05) is 28.0 Å². The number of carbonyl (C=O) groups excluding carboxylic acids is 2. The second-order valence-corrected chi connectivity index (χ2v) is 8.44. The molecule has 160 valence electrons. The van der Waals surface area contributed by atoms with Crippen LogP contribution in [0.2, 0.25) is 0 Å². The van der Waals surface area contributed by atoms with Gasteiger partial charge in [0.1, 0.15) is 5.76 Å². The smallest absolute Gasteiger partial charge is 0.237 e. The normalized spacial score (nSPS) is 20.4. The second kappa shape index (κ2) is 9.94. The SMILES string of the molecule is O=C(NCc1ccco1)C1CCCN1CC(=O)N1CCC(Cc2ccccc2)CC1. The first-order chi connectivity index (χ1) is 14.7. The zero-order valence-electron chi connectivity index (χ0n) is 17.5. The fourth-order valence-electron chi connectivity index (χ4n) is 4.63. The van der Waals surface area contributed by atoms with E-state index in [0.29, 0.717) is 19.0 Å². The Morgan fingerprint density at radius 3 is 2.53 bits per heavy atom. The minimum absolute atomic E-state index is 0.0155. The molecule has 2 amide bonds. The number of carbonyl (C=O) groups is 2. The van der Waals surface area contributed by atoms with Crippen LogP contribution < -0.4 is 5.32 Å². The molecule has 0 bridgehead atoms. The molecule has 2 aliphatic rings. The van der Waals surface area contributed by atoms with Crippen LogP contribution in [0.5, 0.6) is 0 Å². The van der Waals surface area contributed by atoms with E-state index in [-0.39, 0.29) is 17.9 Å². The summed E-state index contributed by atoms with van der Waals surface area (Å²) in [6, 6.07) is 14.0. The van der Waals surface area contributed by atoms with Crippen molar-refractivity contribution in [1.29, 1.82) is 0 Å². The summed E-state index contributed by atoms with van der Waals surface area (Å²) < 4.78 is 5.27. The van der Waals surface area contributed by atoms with Crippen LogP contribution >= 0.6 is 0 Å². The summed E-state index contributed by atoms with van der Waals surface area (Å²) in [5.74, 6) is 1.52. The van der Waals surface area contributed by atoms with Crippen LogP contribution in [0, 0.1) is 5.92 Å². The number of nitrogens with zero attached hydrogens (tertiary/aromatic N) is 2. The molecule has 0 saturated carbocycles. The van der Waals surface area contributed by atoms with Gasteiger partial charge in [-0.3, -0.25) is 14.5 Å². The Labute approximate surface area is 178 Å². The Hall–Kier alpha value is -2.60. The highest BCUT2D eigenvalue weighted by Gasteiger charge is 2.33. The average Bonchev–Trinajstić information content (AvgIpc) is 3.45. The van der Waals surface area contributed by atoms with Gasteiger partial charge in [-0.05, 0) is 62.3 Å². The largest absolute Gasteiger partial charge is 0.467 e. The summed E-state index contributed by atoms with van der Waals surface area (Å²) in [5, 5.41) is 2.94. The fraction of sp³-hybridized carbons (Fsp3) is 0.500. The monoisotopic (exact) mass is 409 g/mol. The molecule has 3 heterocycles. The van der Waals surface area contributed by atoms with Gasteiger partial charge in [0, 0.05) is 13.1 Å². The maximum absolute atomic E-state index is 12.9. The van der Waals surface area contributed by atoms with Crippen LogP contribution in [-0.2, 0) is 22.6 Å². The van der Waals surface area contributed by atoms with Crippen LogP contribution in [-0.4, -0.2) is 53.8 Å². The fourth-order valence-corrected chi connectivity index (χ4v) is 4.63. The third kappa shape index (κ3) is 5.30. The van der Waals surface area contributed by atoms with Crippen molar-refractivity contribution >= 4 is 11.8 Å². The number of hydrogen-bond acceptors (Lipinski definition) is 4. The first kappa shape index (κ1) is 20.7. The van der Waals surface area contributed by atoms with Gasteiger partial charge in [-0.1, -0.05) is 30.3 Å². The van der Waals surface area contributed by atoms with Gasteiger partial charge >= 0.3 is 0 Å². The molecule has 1 N–H and O–H groups in total. The van der Waals surface area contributed by atoms with Crippen molar-refractivity contribution in [2.24, 2.45) is 5.92 Å². The van der Waals surface area contributed by atoms with E-state index in [9.17, 15) is 9.59 Å². The molecule has 0 radical (unpaired) electrons. The molecule has 1 aromatic carbocycles. The average molecular weight is 410 g/mol.